The summed E-state index contributed by atoms with van der Waals surface area (Å²) in [6.07, 6.45) is 0.296. The fraction of sp³-hybridized carbons (Fsp3) is 0.300. The SMILES string of the molecule is O=C(CCC(=O)N1CCOc2ccccc21)NCc1ccc2c(c1)OCO2. The molecule has 2 aromatic rings. The molecule has 2 aliphatic rings. The quantitative estimate of drug-likeness (QED) is 0.876. The summed E-state index contributed by atoms with van der Waals surface area (Å²) < 4.78 is 16.1. The smallest absolute Gasteiger partial charge is 0.231 e. The molecule has 4 rings (SSSR count). The van der Waals surface area contributed by atoms with E-state index in [2.05, 4.69) is 5.32 Å². The van der Waals surface area contributed by atoms with Gasteiger partial charge in [-0.1, -0.05) is 18.2 Å². The highest BCUT2D eigenvalue weighted by atomic mass is 16.7. The van der Waals surface area contributed by atoms with Crippen molar-refractivity contribution in [3.63, 3.8) is 0 Å². The van der Waals surface area contributed by atoms with Gasteiger partial charge in [-0.3, -0.25) is 9.59 Å². The average Bonchev–Trinajstić information content (AvgIpc) is 3.18. The standard InChI is InChI=1S/C20H20N2O5/c23-19(21-12-14-5-6-17-18(11-14)27-13-26-17)7-8-20(24)22-9-10-25-16-4-2-1-3-15(16)22/h1-6,11H,7-10,12-13H2,(H,21,23). The molecule has 2 aromatic carbocycles. The van der Waals surface area contributed by atoms with E-state index < -0.39 is 0 Å². The van der Waals surface area contributed by atoms with Gasteiger partial charge in [0.1, 0.15) is 12.4 Å². The van der Waals surface area contributed by atoms with E-state index in [0.717, 1.165) is 11.3 Å². The molecule has 2 aliphatic heterocycles. The van der Waals surface area contributed by atoms with Gasteiger partial charge in [0, 0.05) is 19.4 Å². The first kappa shape index (κ1) is 17.2. The van der Waals surface area contributed by atoms with Crippen LogP contribution in [0.5, 0.6) is 17.2 Å². The largest absolute Gasteiger partial charge is 0.490 e. The number of carbonyl (C=O) groups excluding carboxylic acids is 2. The Bertz CT molecular complexity index is 867. The van der Waals surface area contributed by atoms with E-state index in [9.17, 15) is 9.59 Å². The van der Waals surface area contributed by atoms with Crippen LogP contribution in [0.2, 0.25) is 0 Å². The lowest BCUT2D eigenvalue weighted by Gasteiger charge is -2.29. The Morgan fingerprint density at radius 3 is 2.74 bits per heavy atom. The first-order valence-electron chi connectivity index (χ1n) is 8.88. The molecule has 0 radical (unpaired) electrons. The number of nitrogens with zero attached hydrogens (tertiary/aromatic N) is 1. The molecule has 140 valence electrons. The number of fused-ring (bicyclic) bond motifs is 2. The molecule has 7 nitrogen and oxygen atoms in total. The zero-order chi connectivity index (χ0) is 18.6. The summed E-state index contributed by atoms with van der Waals surface area (Å²) in [5.41, 5.74) is 1.68. The predicted octanol–water partition coefficient (Wildman–Crippen LogP) is 2.24. The highest BCUT2D eigenvalue weighted by Gasteiger charge is 2.23. The molecule has 27 heavy (non-hydrogen) atoms. The van der Waals surface area contributed by atoms with Crippen LogP contribution in [0.25, 0.3) is 0 Å². The number of hydrogen-bond acceptors (Lipinski definition) is 5. The van der Waals surface area contributed by atoms with Crippen molar-refractivity contribution in [2.24, 2.45) is 0 Å². The Balaban J connectivity index is 1.28. The van der Waals surface area contributed by atoms with Crippen molar-refractivity contribution < 1.29 is 23.8 Å². The van der Waals surface area contributed by atoms with E-state index in [1.807, 2.05) is 42.5 Å². The van der Waals surface area contributed by atoms with E-state index in [1.165, 1.54) is 0 Å². The molecule has 0 aromatic heterocycles. The molecule has 0 saturated carbocycles. The summed E-state index contributed by atoms with van der Waals surface area (Å²) >= 11 is 0. The van der Waals surface area contributed by atoms with Crippen molar-refractivity contribution in [1.29, 1.82) is 0 Å². The molecule has 0 atom stereocenters. The van der Waals surface area contributed by atoms with Crippen LogP contribution in [-0.2, 0) is 16.1 Å². The molecular weight excluding hydrogens is 348 g/mol. The summed E-state index contributed by atoms with van der Waals surface area (Å²) in [7, 11) is 0. The maximum Gasteiger partial charge on any atom is 0.231 e. The van der Waals surface area contributed by atoms with Gasteiger partial charge in [-0.05, 0) is 29.8 Å². The third-order valence-corrected chi connectivity index (χ3v) is 4.52. The molecule has 2 amide bonds. The number of nitrogens with one attached hydrogen (secondary N) is 1. The van der Waals surface area contributed by atoms with Crippen LogP contribution < -0.4 is 24.4 Å². The molecule has 0 aliphatic carbocycles. The third kappa shape index (κ3) is 3.81. The second-order valence-corrected chi connectivity index (χ2v) is 6.33. The molecular formula is C20H20N2O5. The molecule has 0 unspecified atom stereocenters. The van der Waals surface area contributed by atoms with Gasteiger partial charge in [-0.25, -0.2) is 0 Å². The van der Waals surface area contributed by atoms with Crippen molar-refractivity contribution in [2.75, 3.05) is 24.8 Å². The minimum Gasteiger partial charge on any atom is -0.490 e. The normalized spacial score (nSPS) is 14.3. The first-order valence-corrected chi connectivity index (χ1v) is 8.88. The van der Waals surface area contributed by atoms with E-state index >= 15 is 0 Å². The summed E-state index contributed by atoms with van der Waals surface area (Å²) in [5, 5.41) is 2.84. The molecule has 7 heteroatoms. The van der Waals surface area contributed by atoms with Crippen molar-refractivity contribution in [1.82, 2.24) is 5.32 Å². The average molecular weight is 368 g/mol. The number of rotatable bonds is 5. The minimum absolute atomic E-state index is 0.0796. The number of hydrogen-bond donors (Lipinski definition) is 1. The summed E-state index contributed by atoms with van der Waals surface area (Å²) in [4.78, 5) is 26.3. The number of para-hydroxylation sites is 2. The second-order valence-electron chi connectivity index (χ2n) is 6.33. The van der Waals surface area contributed by atoms with Crippen molar-refractivity contribution in [2.45, 2.75) is 19.4 Å². The number of amides is 2. The number of carbonyl (C=O) groups is 2. The van der Waals surface area contributed by atoms with Crippen molar-refractivity contribution in [3.05, 3.63) is 48.0 Å². The van der Waals surface area contributed by atoms with Crippen molar-refractivity contribution in [3.8, 4) is 17.2 Å². The van der Waals surface area contributed by atoms with Crippen LogP contribution in [-0.4, -0.2) is 31.8 Å². The van der Waals surface area contributed by atoms with E-state index in [-0.39, 0.29) is 31.4 Å². The Morgan fingerprint density at radius 1 is 0.963 bits per heavy atom. The Morgan fingerprint density at radius 2 is 1.81 bits per heavy atom. The Kier molecular flexibility index (Phi) is 4.82. The van der Waals surface area contributed by atoms with Gasteiger partial charge < -0.3 is 24.4 Å². The fourth-order valence-corrected chi connectivity index (χ4v) is 3.12. The fourth-order valence-electron chi connectivity index (χ4n) is 3.12. The number of ether oxygens (including phenoxy) is 3. The summed E-state index contributed by atoms with van der Waals surface area (Å²) in [6, 6.07) is 13.0. The molecule has 0 saturated heterocycles. The number of anilines is 1. The first-order chi connectivity index (χ1) is 13.2. The lowest BCUT2D eigenvalue weighted by atomic mass is 10.2. The topological polar surface area (TPSA) is 77.1 Å². The van der Waals surface area contributed by atoms with Gasteiger partial charge in [-0.2, -0.15) is 0 Å². The number of benzene rings is 2. The summed E-state index contributed by atoms with van der Waals surface area (Å²) in [6.45, 7) is 1.55. The van der Waals surface area contributed by atoms with E-state index in [0.29, 0.717) is 36.9 Å². The maximum atomic E-state index is 12.5. The van der Waals surface area contributed by atoms with Crippen LogP contribution >= 0.6 is 0 Å². The van der Waals surface area contributed by atoms with Gasteiger partial charge in [-0.15, -0.1) is 0 Å². The highest BCUT2D eigenvalue weighted by molar-refractivity contribution is 5.97. The molecule has 2 heterocycles. The van der Waals surface area contributed by atoms with E-state index in [1.54, 1.807) is 4.90 Å². The van der Waals surface area contributed by atoms with Crippen LogP contribution in [0.3, 0.4) is 0 Å². The molecule has 0 spiro atoms. The highest BCUT2D eigenvalue weighted by Crippen LogP contribution is 2.33. The van der Waals surface area contributed by atoms with Gasteiger partial charge in [0.15, 0.2) is 11.5 Å². The van der Waals surface area contributed by atoms with Crippen LogP contribution in [0.1, 0.15) is 18.4 Å². The Hall–Kier alpha value is -3.22. The molecule has 0 bridgehead atoms. The van der Waals surface area contributed by atoms with Crippen LogP contribution in [0.4, 0.5) is 5.69 Å². The second kappa shape index (κ2) is 7.57. The summed E-state index contributed by atoms with van der Waals surface area (Å²) in [5.74, 6) is 1.85. The predicted molar refractivity (Wildman–Crippen MR) is 97.9 cm³/mol. The lowest BCUT2D eigenvalue weighted by molar-refractivity contribution is -0.125. The zero-order valence-corrected chi connectivity index (χ0v) is 14.8. The molecule has 1 N–H and O–H groups in total. The van der Waals surface area contributed by atoms with E-state index in [4.69, 9.17) is 14.2 Å². The van der Waals surface area contributed by atoms with Gasteiger partial charge in [0.05, 0.1) is 12.2 Å². The van der Waals surface area contributed by atoms with Crippen LogP contribution in [0.15, 0.2) is 42.5 Å². The van der Waals surface area contributed by atoms with Gasteiger partial charge in [0.25, 0.3) is 0 Å². The Labute approximate surface area is 156 Å². The monoisotopic (exact) mass is 368 g/mol. The van der Waals surface area contributed by atoms with Crippen LogP contribution in [0, 0.1) is 0 Å². The van der Waals surface area contributed by atoms with Crippen molar-refractivity contribution >= 4 is 17.5 Å². The van der Waals surface area contributed by atoms with Gasteiger partial charge in [0.2, 0.25) is 18.6 Å². The third-order valence-electron chi connectivity index (χ3n) is 4.52. The zero-order valence-electron chi connectivity index (χ0n) is 14.8. The maximum absolute atomic E-state index is 12.5. The lowest BCUT2D eigenvalue weighted by Crippen LogP contribution is -2.38. The minimum atomic E-state index is -0.164. The molecule has 0 fully saturated rings. The van der Waals surface area contributed by atoms with Gasteiger partial charge >= 0.3 is 0 Å².